The number of carbonyl (C=O) groups is 1. The summed E-state index contributed by atoms with van der Waals surface area (Å²) in [5, 5.41) is 17.4. The summed E-state index contributed by atoms with van der Waals surface area (Å²) >= 11 is 0. The first-order chi connectivity index (χ1) is 20.5. The van der Waals surface area contributed by atoms with Crippen LogP contribution in [-0.2, 0) is 16.1 Å². The minimum absolute atomic E-state index is 0.169. The van der Waals surface area contributed by atoms with E-state index in [1.807, 2.05) is 66.5 Å². The Kier molecular flexibility index (Phi) is 10.7. The van der Waals surface area contributed by atoms with Crippen LogP contribution in [0.3, 0.4) is 0 Å². The van der Waals surface area contributed by atoms with Crippen molar-refractivity contribution in [3.05, 3.63) is 95.8 Å². The molecular formula is C33H37N5O4. The number of benzene rings is 2. The van der Waals surface area contributed by atoms with Crippen LogP contribution in [-0.4, -0.2) is 49.4 Å². The lowest BCUT2D eigenvalue weighted by atomic mass is 10.1. The van der Waals surface area contributed by atoms with Gasteiger partial charge in [-0.25, -0.2) is 4.52 Å². The number of amides is 1. The third kappa shape index (κ3) is 7.35. The number of nitriles is 1. The summed E-state index contributed by atoms with van der Waals surface area (Å²) < 4.78 is 18.6. The zero-order chi connectivity index (χ0) is 29.9. The van der Waals surface area contributed by atoms with Crippen LogP contribution < -0.4 is 15.0 Å². The molecule has 0 aliphatic carbocycles. The van der Waals surface area contributed by atoms with E-state index in [0.717, 1.165) is 36.5 Å². The maximum Gasteiger partial charge on any atom is 0.253 e. The fourth-order valence-corrected chi connectivity index (χ4v) is 4.62. The van der Waals surface area contributed by atoms with Gasteiger partial charge in [0.25, 0.3) is 5.91 Å². The van der Waals surface area contributed by atoms with Gasteiger partial charge in [-0.15, -0.1) is 0 Å². The number of methoxy groups -OCH3 is 1. The first-order valence-corrected chi connectivity index (χ1v) is 14.0. The molecule has 0 radical (unpaired) electrons. The van der Waals surface area contributed by atoms with E-state index in [4.69, 9.17) is 14.2 Å². The number of nitrogens with one attached hydrogen (secondary N) is 1. The van der Waals surface area contributed by atoms with Crippen molar-refractivity contribution >= 4 is 22.8 Å². The van der Waals surface area contributed by atoms with Crippen LogP contribution in [0.5, 0.6) is 11.5 Å². The molecule has 0 fully saturated rings. The third-order valence-corrected chi connectivity index (χ3v) is 6.79. The fraction of sp³-hybridized carbons (Fsp3) is 0.303. The van der Waals surface area contributed by atoms with Crippen LogP contribution in [0.1, 0.15) is 47.7 Å². The molecule has 0 saturated heterocycles. The fourth-order valence-electron chi connectivity index (χ4n) is 4.62. The largest absolute Gasteiger partial charge is 0.457 e. The molecule has 0 atom stereocenters. The van der Waals surface area contributed by atoms with Gasteiger partial charge in [0.1, 0.15) is 17.6 Å². The topological polar surface area (TPSA) is 101 Å². The van der Waals surface area contributed by atoms with E-state index in [0.29, 0.717) is 53.2 Å². The SMILES string of the molecule is C=C(CCNC(=O)c1cn2ncc(C#N)c(N(C)c3ccc(Oc4ccccc4)cc3)c2c1COC)CCOCCC. The Bertz CT molecular complexity index is 1540. The van der Waals surface area contributed by atoms with Crippen LogP contribution in [0.2, 0.25) is 0 Å². The highest BCUT2D eigenvalue weighted by molar-refractivity contribution is 6.00. The van der Waals surface area contributed by atoms with E-state index in [1.54, 1.807) is 17.8 Å². The molecule has 42 heavy (non-hydrogen) atoms. The number of fused-ring (bicyclic) bond motifs is 1. The van der Waals surface area contributed by atoms with Crippen molar-refractivity contribution in [2.24, 2.45) is 0 Å². The van der Waals surface area contributed by atoms with Gasteiger partial charge in [-0.3, -0.25) is 4.79 Å². The normalized spacial score (nSPS) is 10.8. The van der Waals surface area contributed by atoms with E-state index in [-0.39, 0.29) is 12.5 Å². The van der Waals surface area contributed by atoms with Crippen LogP contribution in [0.4, 0.5) is 11.4 Å². The van der Waals surface area contributed by atoms with Crippen molar-refractivity contribution in [3.8, 4) is 17.6 Å². The number of rotatable bonds is 15. The Morgan fingerprint density at radius 1 is 1.10 bits per heavy atom. The molecular weight excluding hydrogens is 530 g/mol. The molecule has 2 aromatic carbocycles. The summed E-state index contributed by atoms with van der Waals surface area (Å²) in [5.41, 5.74) is 4.57. The number of hydrogen-bond acceptors (Lipinski definition) is 7. The average molecular weight is 568 g/mol. The van der Waals surface area contributed by atoms with Gasteiger partial charge in [-0.2, -0.15) is 10.4 Å². The standard InChI is InChI=1S/C33H37N5O4/c1-5-18-41-19-16-24(2)15-17-35-33(39)29-22-38-32(30(29)23-40-4)31(25(20-34)21-36-38)37(3)26-11-13-28(14-12-26)42-27-9-7-6-8-10-27/h6-14,21-22H,2,5,15-19,23H2,1,3-4H3,(H,35,39). The second kappa shape index (κ2) is 14.8. The molecule has 4 aromatic rings. The van der Waals surface area contributed by atoms with Gasteiger partial charge >= 0.3 is 0 Å². The van der Waals surface area contributed by atoms with Gasteiger partial charge < -0.3 is 24.4 Å². The van der Waals surface area contributed by atoms with E-state index < -0.39 is 0 Å². The Morgan fingerprint density at radius 3 is 2.52 bits per heavy atom. The molecule has 9 heteroatoms. The molecule has 0 bridgehead atoms. The van der Waals surface area contributed by atoms with Crippen LogP contribution in [0.15, 0.2) is 79.1 Å². The zero-order valence-electron chi connectivity index (χ0n) is 24.4. The van der Waals surface area contributed by atoms with Gasteiger partial charge in [-0.1, -0.05) is 37.3 Å². The number of para-hydroxylation sites is 1. The molecule has 2 heterocycles. The quantitative estimate of drug-likeness (QED) is 0.131. The predicted octanol–water partition coefficient (Wildman–Crippen LogP) is 6.41. The predicted molar refractivity (Wildman–Crippen MR) is 163 cm³/mol. The third-order valence-electron chi connectivity index (χ3n) is 6.79. The van der Waals surface area contributed by atoms with Crippen molar-refractivity contribution in [2.75, 3.05) is 38.8 Å². The number of ether oxygens (including phenoxy) is 3. The summed E-state index contributed by atoms with van der Waals surface area (Å²) in [6.45, 7) is 8.16. The van der Waals surface area contributed by atoms with Crippen molar-refractivity contribution < 1.29 is 19.0 Å². The number of anilines is 2. The molecule has 9 nitrogen and oxygen atoms in total. The molecule has 0 saturated carbocycles. The lowest BCUT2D eigenvalue weighted by Crippen LogP contribution is -2.25. The van der Waals surface area contributed by atoms with Crippen molar-refractivity contribution in [3.63, 3.8) is 0 Å². The van der Waals surface area contributed by atoms with E-state index in [9.17, 15) is 10.1 Å². The molecule has 2 aromatic heterocycles. The van der Waals surface area contributed by atoms with Gasteiger partial charge in [-0.05, 0) is 55.7 Å². The molecule has 4 rings (SSSR count). The second-order valence-corrected chi connectivity index (χ2v) is 9.85. The molecule has 0 aliphatic rings. The lowest BCUT2D eigenvalue weighted by Gasteiger charge is -2.22. The summed E-state index contributed by atoms with van der Waals surface area (Å²) in [6, 6.07) is 19.4. The Labute approximate surface area is 246 Å². The Balaban J connectivity index is 1.58. The highest BCUT2D eigenvalue weighted by Crippen LogP contribution is 2.36. The monoisotopic (exact) mass is 567 g/mol. The highest BCUT2D eigenvalue weighted by Gasteiger charge is 2.24. The smallest absolute Gasteiger partial charge is 0.253 e. The van der Waals surface area contributed by atoms with Crippen LogP contribution >= 0.6 is 0 Å². The van der Waals surface area contributed by atoms with Gasteiger partial charge in [0.2, 0.25) is 0 Å². The maximum atomic E-state index is 13.3. The highest BCUT2D eigenvalue weighted by atomic mass is 16.5. The lowest BCUT2D eigenvalue weighted by molar-refractivity contribution is 0.0949. The average Bonchev–Trinajstić information content (AvgIpc) is 3.38. The van der Waals surface area contributed by atoms with Gasteiger partial charge in [0.05, 0.1) is 41.7 Å². The first-order valence-electron chi connectivity index (χ1n) is 14.0. The van der Waals surface area contributed by atoms with Crippen molar-refractivity contribution in [1.29, 1.82) is 5.26 Å². The van der Waals surface area contributed by atoms with Crippen molar-refractivity contribution in [1.82, 2.24) is 14.9 Å². The molecule has 0 spiro atoms. The van der Waals surface area contributed by atoms with E-state index in [1.165, 1.54) is 6.20 Å². The maximum absolute atomic E-state index is 13.3. The minimum atomic E-state index is -0.239. The number of carbonyl (C=O) groups excluding carboxylic acids is 1. The molecule has 1 amide bonds. The number of nitrogens with zero attached hydrogens (tertiary/aromatic N) is 4. The Hall–Kier alpha value is -4.65. The van der Waals surface area contributed by atoms with Crippen LogP contribution in [0, 0.1) is 11.3 Å². The summed E-state index contributed by atoms with van der Waals surface area (Å²) in [6.07, 6.45) is 5.59. The molecule has 218 valence electrons. The van der Waals surface area contributed by atoms with Crippen LogP contribution in [0.25, 0.3) is 5.52 Å². The first kappa shape index (κ1) is 30.3. The molecule has 0 aliphatic heterocycles. The second-order valence-electron chi connectivity index (χ2n) is 9.85. The molecule has 1 N–H and O–H groups in total. The number of aromatic nitrogens is 2. The van der Waals surface area contributed by atoms with Crippen molar-refractivity contribution in [2.45, 2.75) is 32.8 Å². The van der Waals surface area contributed by atoms with E-state index >= 15 is 0 Å². The summed E-state index contributed by atoms with van der Waals surface area (Å²) in [7, 11) is 3.45. The van der Waals surface area contributed by atoms with E-state index in [2.05, 4.69) is 30.0 Å². The summed E-state index contributed by atoms with van der Waals surface area (Å²) in [5.74, 6) is 1.20. The number of hydrogen-bond donors (Lipinski definition) is 1. The minimum Gasteiger partial charge on any atom is -0.457 e. The summed E-state index contributed by atoms with van der Waals surface area (Å²) in [4.78, 5) is 15.2. The zero-order valence-corrected chi connectivity index (χ0v) is 24.4. The van der Waals surface area contributed by atoms with Gasteiger partial charge in [0.15, 0.2) is 0 Å². The Morgan fingerprint density at radius 2 is 1.83 bits per heavy atom. The molecule has 0 unspecified atom stereocenters. The van der Waals surface area contributed by atoms with Gasteiger partial charge in [0, 0.05) is 44.8 Å².